The fourth-order valence-electron chi connectivity index (χ4n) is 1.47. The Morgan fingerprint density at radius 3 is 2.29 bits per heavy atom. The van der Waals surface area contributed by atoms with Gasteiger partial charge in [0.05, 0.1) is 25.5 Å². The van der Waals surface area contributed by atoms with Gasteiger partial charge in [0.1, 0.15) is 29.7 Å². The van der Waals surface area contributed by atoms with Gasteiger partial charge in [-0.1, -0.05) is 0 Å². The molecule has 0 saturated carbocycles. The van der Waals surface area contributed by atoms with E-state index < -0.39 is 5.97 Å². The summed E-state index contributed by atoms with van der Waals surface area (Å²) >= 11 is 0. The fourth-order valence-corrected chi connectivity index (χ4v) is 1.47. The summed E-state index contributed by atoms with van der Waals surface area (Å²) in [5.74, 6) is -0.227. The normalized spacial score (nSPS) is 8.52. The van der Waals surface area contributed by atoms with Crippen molar-refractivity contribution in [2.24, 2.45) is 0 Å². The average molecular weight is 282 g/mol. The standard InChI is InChI=1S/C14H10N4O3/c1-20-13-4-3-9(14(19)21-2)5-11(13)18-12(8-17)10(6-15)7-16/h3-5,18H,1-2H3. The number of benzene rings is 1. The second kappa shape index (κ2) is 7.18. The number of carbonyl (C=O) groups excluding carboxylic acids is 1. The molecule has 0 aromatic heterocycles. The van der Waals surface area contributed by atoms with Crippen molar-refractivity contribution < 1.29 is 14.3 Å². The third kappa shape index (κ3) is 3.50. The molecule has 0 bridgehead atoms. The van der Waals surface area contributed by atoms with Gasteiger partial charge in [0.15, 0.2) is 5.57 Å². The lowest BCUT2D eigenvalue weighted by molar-refractivity contribution is 0.0601. The summed E-state index contributed by atoms with van der Waals surface area (Å²) < 4.78 is 9.69. The van der Waals surface area contributed by atoms with Crippen LogP contribution in [0.4, 0.5) is 5.69 Å². The van der Waals surface area contributed by atoms with Gasteiger partial charge in [-0.2, -0.15) is 15.8 Å². The zero-order valence-electron chi connectivity index (χ0n) is 11.3. The minimum Gasteiger partial charge on any atom is -0.495 e. The molecule has 0 saturated heterocycles. The highest BCUT2D eigenvalue weighted by Gasteiger charge is 2.13. The zero-order valence-corrected chi connectivity index (χ0v) is 11.3. The summed E-state index contributed by atoms with van der Waals surface area (Å²) in [4.78, 5) is 11.5. The van der Waals surface area contributed by atoms with E-state index >= 15 is 0 Å². The number of anilines is 1. The van der Waals surface area contributed by atoms with E-state index in [1.807, 2.05) is 0 Å². The molecule has 7 heteroatoms. The fraction of sp³-hybridized carbons (Fsp3) is 0.143. The van der Waals surface area contributed by atoms with Crippen molar-refractivity contribution in [2.45, 2.75) is 0 Å². The van der Waals surface area contributed by atoms with Gasteiger partial charge in [-0.25, -0.2) is 4.79 Å². The molecule has 0 aliphatic heterocycles. The Kier molecular flexibility index (Phi) is 5.32. The SMILES string of the molecule is COC(=O)c1ccc(OC)c(NC(C#N)=C(C#N)C#N)c1. The molecule has 1 rings (SSSR count). The third-order valence-corrected chi connectivity index (χ3v) is 2.47. The number of carbonyl (C=O) groups is 1. The van der Waals surface area contributed by atoms with Crippen molar-refractivity contribution in [1.82, 2.24) is 0 Å². The molecule has 1 aromatic carbocycles. The van der Waals surface area contributed by atoms with E-state index in [2.05, 4.69) is 10.1 Å². The Balaban J connectivity index is 3.33. The molecule has 0 spiro atoms. The lowest BCUT2D eigenvalue weighted by Gasteiger charge is -2.11. The van der Waals surface area contributed by atoms with Crippen molar-refractivity contribution in [3.05, 3.63) is 35.0 Å². The number of ether oxygens (including phenoxy) is 2. The predicted octanol–water partition coefficient (Wildman–Crippen LogP) is 1.72. The summed E-state index contributed by atoms with van der Waals surface area (Å²) in [7, 11) is 2.65. The number of methoxy groups -OCH3 is 2. The van der Waals surface area contributed by atoms with Gasteiger partial charge in [0.2, 0.25) is 0 Å². The topological polar surface area (TPSA) is 119 Å². The number of allylic oxidation sites excluding steroid dienone is 2. The highest BCUT2D eigenvalue weighted by Crippen LogP contribution is 2.27. The average Bonchev–Trinajstić information content (AvgIpc) is 2.53. The van der Waals surface area contributed by atoms with Gasteiger partial charge in [0.25, 0.3) is 0 Å². The molecule has 1 aromatic rings. The Morgan fingerprint density at radius 2 is 1.81 bits per heavy atom. The predicted molar refractivity (Wildman–Crippen MR) is 71.8 cm³/mol. The first kappa shape index (κ1) is 15.6. The van der Waals surface area contributed by atoms with E-state index in [1.165, 1.54) is 32.4 Å². The molecule has 0 unspecified atom stereocenters. The first-order valence-corrected chi connectivity index (χ1v) is 5.59. The molecule has 1 N–H and O–H groups in total. The first-order valence-electron chi connectivity index (χ1n) is 5.59. The number of hydrogen-bond acceptors (Lipinski definition) is 7. The van der Waals surface area contributed by atoms with Crippen LogP contribution in [0.3, 0.4) is 0 Å². The quantitative estimate of drug-likeness (QED) is 0.659. The van der Waals surface area contributed by atoms with E-state index in [4.69, 9.17) is 20.5 Å². The Labute approximate surface area is 121 Å². The van der Waals surface area contributed by atoms with E-state index in [9.17, 15) is 4.79 Å². The number of nitrogens with one attached hydrogen (secondary N) is 1. The number of nitrogens with zero attached hydrogens (tertiary/aromatic N) is 3. The van der Waals surface area contributed by atoms with E-state index in [0.717, 1.165) is 0 Å². The largest absolute Gasteiger partial charge is 0.495 e. The second-order valence-corrected chi connectivity index (χ2v) is 3.62. The van der Waals surface area contributed by atoms with Crippen LogP contribution in [0, 0.1) is 34.0 Å². The number of nitriles is 3. The van der Waals surface area contributed by atoms with E-state index in [0.29, 0.717) is 5.75 Å². The van der Waals surface area contributed by atoms with E-state index in [-0.39, 0.29) is 22.5 Å². The Hall–Kier alpha value is -3.50. The third-order valence-electron chi connectivity index (χ3n) is 2.47. The van der Waals surface area contributed by atoms with Gasteiger partial charge in [-0.15, -0.1) is 0 Å². The van der Waals surface area contributed by atoms with Gasteiger partial charge < -0.3 is 14.8 Å². The van der Waals surface area contributed by atoms with Crippen LogP contribution < -0.4 is 10.1 Å². The number of hydrogen-bond donors (Lipinski definition) is 1. The van der Waals surface area contributed by atoms with Crippen molar-refractivity contribution in [3.63, 3.8) is 0 Å². The van der Waals surface area contributed by atoms with Crippen LogP contribution in [-0.4, -0.2) is 20.2 Å². The maximum Gasteiger partial charge on any atom is 0.337 e. The lowest BCUT2D eigenvalue weighted by atomic mass is 10.1. The highest BCUT2D eigenvalue weighted by molar-refractivity contribution is 5.91. The van der Waals surface area contributed by atoms with Crippen LogP contribution in [0.25, 0.3) is 0 Å². The van der Waals surface area contributed by atoms with Crippen LogP contribution >= 0.6 is 0 Å². The van der Waals surface area contributed by atoms with Crippen LogP contribution in [0.2, 0.25) is 0 Å². The molecular formula is C14H10N4O3. The Morgan fingerprint density at radius 1 is 1.14 bits per heavy atom. The van der Waals surface area contributed by atoms with Gasteiger partial charge in [0, 0.05) is 0 Å². The highest BCUT2D eigenvalue weighted by atomic mass is 16.5. The maximum absolute atomic E-state index is 11.5. The van der Waals surface area contributed by atoms with Crippen molar-refractivity contribution >= 4 is 11.7 Å². The summed E-state index contributed by atoms with van der Waals surface area (Å²) in [6.07, 6.45) is 0. The molecular weight excluding hydrogens is 272 g/mol. The smallest absolute Gasteiger partial charge is 0.337 e. The molecule has 0 fully saturated rings. The number of esters is 1. The van der Waals surface area contributed by atoms with Crippen LogP contribution in [-0.2, 0) is 4.74 Å². The minimum absolute atomic E-state index is 0.230. The molecule has 7 nitrogen and oxygen atoms in total. The molecule has 0 heterocycles. The van der Waals surface area contributed by atoms with Crippen LogP contribution in [0.5, 0.6) is 5.75 Å². The molecule has 0 amide bonds. The van der Waals surface area contributed by atoms with Crippen molar-refractivity contribution in [2.75, 3.05) is 19.5 Å². The summed E-state index contributed by atoms with van der Waals surface area (Å²) in [5.41, 5.74) is -0.114. The van der Waals surface area contributed by atoms with Crippen LogP contribution in [0.15, 0.2) is 29.5 Å². The Bertz CT molecular complexity index is 701. The second-order valence-electron chi connectivity index (χ2n) is 3.62. The molecule has 0 radical (unpaired) electrons. The van der Waals surface area contributed by atoms with Gasteiger partial charge in [-0.3, -0.25) is 0 Å². The monoisotopic (exact) mass is 282 g/mol. The molecule has 104 valence electrons. The van der Waals surface area contributed by atoms with Crippen molar-refractivity contribution in [1.29, 1.82) is 15.8 Å². The summed E-state index contributed by atoms with van der Waals surface area (Å²) in [6.45, 7) is 0. The number of rotatable bonds is 4. The van der Waals surface area contributed by atoms with Crippen LogP contribution in [0.1, 0.15) is 10.4 Å². The summed E-state index contributed by atoms with van der Waals surface area (Å²) in [5, 5.41) is 29.2. The molecule has 21 heavy (non-hydrogen) atoms. The molecule has 0 aliphatic carbocycles. The zero-order chi connectivity index (χ0) is 15.8. The lowest BCUT2D eigenvalue weighted by Crippen LogP contribution is -2.06. The first-order chi connectivity index (χ1) is 10.1. The summed E-state index contributed by atoms with van der Waals surface area (Å²) in [6, 6.07) is 9.32. The van der Waals surface area contributed by atoms with Crippen molar-refractivity contribution in [3.8, 4) is 24.0 Å². The minimum atomic E-state index is -0.566. The van der Waals surface area contributed by atoms with Gasteiger partial charge >= 0.3 is 5.97 Å². The maximum atomic E-state index is 11.5. The van der Waals surface area contributed by atoms with Gasteiger partial charge in [-0.05, 0) is 18.2 Å². The molecule has 0 atom stereocenters. The van der Waals surface area contributed by atoms with E-state index in [1.54, 1.807) is 18.2 Å². The molecule has 0 aliphatic rings.